The zero-order valence-corrected chi connectivity index (χ0v) is 23.7. The Kier molecular flexibility index (Phi) is 8.21. The van der Waals surface area contributed by atoms with Crippen molar-refractivity contribution in [2.24, 2.45) is 46.3 Å². The summed E-state index contributed by atoms with van der Waals surface area (Å²) < 4.78 is 5.33. The number of carbonyl (C=O) groups excluding carboxylic acids is 1. The van der Waals surface area contributed by atoms with Crippen LogP contribution in [0.2, 0.25) is 0 Å². The fourth-order valence-corrected chi connectivity index (χ4v) is 9.68. The van der Waals surface area contributed by atoms with Crippen molar-refractivity contribution in [3.05, 3.63) is 0 Å². The Balaban J connectivity index is 1.25. The van der Waals surface area contributed by atoms with Crippen LogP contribution in [0.25, 0.3) is 0 Å². The number of aliphatic hydroxyl groups excluding tert-OH is 1. The van der Waals surface area contributed by atoms with Crippen LogP contribution in [0.1, 0.15) is 125 Å². The molecule has 0 saturated heterocycles. The Hall–Kier alpha value is -0.770. The molecule has 0 aromatic heterocycles. The molecule has 35 heavy (non-hydrogen) atoms. The molecule has 0 bridgehead atoms. The molecule has 1 amide bonds. The zero-order chi connectivity index (χ0) is 25.4. The van der Waals surface area contributed by atoms with Crippen molar-refractivity contribution in [2.75, 3.05) is 6.54 Å². The molecule has 4 aliphatic carbocycles. The summed E-state index contributed by atoms with van der Waals surface area (Å²) in [6, 6.07) is 0. The molecule has 4 heteroatoms. The van der Waals surface area contributed by atoms with Crippen LogP contribution in [0, 0.1) is 46.3 Å². The van der Waals surface area contributed by atoms with Crippen LogP contribution >= 0.6 is 0 Å². The molecule has 4 nitrogen and oxygen atoms in total. The quantitative estimate of drug-likeness (QED) is 0.360. The summed E-state index contributed by atoms with van der Waals surface area (Å²) in [6.45, 7) is 14.2. The molecule has 0 aromatic carbocycles. The lowest BCUT2D eigenvalue weighted by Gasteiger charge is -2.61. The third kappa shape index (κ3) is 5.73. The molecule has 0 spiro atoms. The summed E-state index contributed by atoms with van der Waals surface area (Å²) in [6.07, 6.45) is 16.4. The minimum Gasteiger partial charge on any atom is -0.444 e. The van der Waals surface area contributed by atoms with E-state index in [0.717, 1.165) is 54.8 Å². The van der Waals surface area contributed by atoms with Crippen molar-refractivity contribution in [1.29, 1.82) is 0 Å². The van der Waals surface area contributed by atoms with Crippen LogP contribution in [-0.2, 0) is 4.74 Å². The van der Waals surface area contributed by atoms with Gasteiger partial charge in [0.1, 0.15) is 5.60 Å². The molecular weight excluding hydrogens is 434 g/mol. The Morgan fingerprint density at radius 3 is 2.43 bits per heavy atom. The highest BCUT2D eigenvalue weighted by Gasteiger charge is 2.60. The van der Waals surface area contributed by atoms with Gasteiger partial charge < -0.3 is 15.2 Å². The first-order valence-corrected chi connectivity index (χ1v) is 15.1. The third-order valence-electron chi connectivity index (χ3n) is 11.4. The van der Waals surface area contributed by atoms with Gasteiger partial charge >= 0.3 is 6.09 Å². The van der Waals surface area contributed by atoms with Crippen molar-refractivity contribution in [1.82, 2.24) is 5.32 Å². The van der Waals surface area contributed by atoms with Gasteiger partial charge in [0, 0.05) is 6.54 Å². The summed E-state index contributed by atoms with van der Waals surface area (Å²) in [5, 5.41) is 13.2. The van der Waals surface area contributed by atoms with Crippen LogP contribution < -0.4 is 5.32 Å². The average Bonchev–Trinajstić information content (AvgIpc) is 3.12. The van der Waals surface area contributed by atoms with Gasteiger partial charge in [-0.3, -0.25) is 0 Å². The summed E-state index contributed by atoms with van der Waals surface area (Å²) in [5.74, 6) is 5.21. The van der Waals surface area contributed by atoms with Gasteiger partial charge in [-0.05, 0) is 131 Å². The monoisotopic (exact) mass is 489 g/mol. The van der Waals surface area contributed by atoms with Crippen LogP contribution in [0.4, 0.5) is 4.79 Å². The van der Waals surface area contributed by atoms with Crippen molar-refractivity contribution in [3.8, 4) is 0 Å². The standard InChI is InChI=1S/C31H55NO3/c1-21(10-8-7-9-19-32-28(34)35-29(2,3)4)25-13-14-26-24-12-11-22-20-23(33)15-17-30(22,5)27(24)16-18-31(25,26)6/h21-27,33H,7-20H2,1-6H3,(H,32,34)/t21?,22-,23-,24-,25+,26-,27-,30-,31+/m0/s1. The number of aliphatic hydroxyl groups is 1. The predicted molar refractivity (Wildman–Crippen MR) is 143 cm³/mol. The Morgan fingerprint density at radius 1 is 0.971 bits per heavy atom. The minimum atomic E-state index is -0.427. The molecular formula is C31H55NO3. The van der Waals surface area contributed by atoms with E-state index >= 15 is 0 Å². The van der Waals surface area contributed by atoms with Gasteiger partial charge in [-0.2, -0.15) is 0 Å². The maximum absolute atomic E-state index is 11.8. The minimum absolute atomic E-state index is 0.0386. The van der Waals surface area contributed by atoms with Gasteiger partial charge in [0.25, 0.3) is 0 Å². The summed E-state index contributed by atoms with van der Waals surface area (Å²) in [5.41, 5.74) is 0.598. The van der Waals surface area contributed by atoms with Crippen LogP contribution in [0.15, 0.2) is 0 Å². The number of unbranched alkanes of at least 4 members (excludes halogenated alkanes) is 2. The van der Waals surface area contributed by atoms with E-state index in [1.54, 1.807) is 0 Å². The van der Waals surface area contributed by atoms with E-state index in [2.05, 4.69) is 26.1 Å². The smallest absolute Gasteiger partial charge is 0.407 e. The fraction of sp³-hybridized carbons (Fsp3) is 0.968. The van der Waals surface area contributed by atoms with Crippen LogP contribution in [0.5, 0.6) is 0 Å². The first kappa shape index (κ1) is 27.3. The molecule has 0 radical (unpaired) electrons. The van der Waals surface area contributed by atoms with E-state index in [1.807, 2.05) is 20.8 Å². The lowest BCUT2D eigenvalue weighted by atomic mass is 9.44. The first-order valence-electron chi connectivity index (χ1n) is 15.1. The molecule has 9 atom stereocenters. The number of carbonyl (C=O) groups is 1. The van der Waals surface area contributed by atoms with Crippen molar-refractivity contribution >= 4 is 6.09 Å². The highest BCUT2D eigenvalue weighted by molar-refractivity contribution is 5.67. The van der Waals surface area contributed by atoms with E-state index in [1.165, 1.54) is 64.2 Å². The van der Waals surface area contributed by atoms with Gasteiger partial charge in [0.15, 0.2) is 0 Å². The number of nitrogens with one attached hydrogen (secondary N) is 1. The van der Waals surface area contributed by atoms with Gasteiger partial charge in [0.2, 0.25) is 0 Å². The van der Waals surface area contributed by atoms with E-state index in [-0.39, 0.29) is 12.2 Å². The number of ether oxygens (including phenoxy) is 1. The lowest BCUT2D eigenvalue weighted by molar-refractivity contribution is -0.129. The maximum atomic E-state index is 11.8. The molecule has 0 aromatic rings. The van der Waals surface area contributed by atoms with E-state index in [9.17, 15) is 9.90 Å². The average molecular weight is 490 g/mol. The Bertz CT molecular complexity index is 731. The highest BCUT2D eigenvalue weighted by atomic mass is 16.6. The second-order valence-electron chi connectivity index (χ2n) is 14.6. The zero-order valence-electron chi connectivity index (χ0n) is 23.7. The van der Waals surface area contributed by atoms with Gasteiger partial charge in [-0.1, -0.05) is 40.0 Å². The molecule has 0 aliphatic heterocycles. The summed E-state index contributed by atoms with van der Waals surface area (Å²) in [7, 11) is 0. The fourth-order valence-electron chi connectivity index (χ4n) is 9.68. The molecule has 0 heterocycles. The number of alkyl carbamates (subject to hydrolysis) is 1. The number of fused-ring (bicyclic) bond motifs is 5. The molecule has 4 saturated carbocycles. The third-order valence-corrected chi connectivity index (χ3v) is 11.4. The van der Waals surface area contributed by atoms with Crippen LogP contribution in [-0.4, -0.2) is 29.4 Å². The molecule has 4 rings (SSSR count). The molecule has 1 unspecified atom stereocenters. The number of rotatable bonds is 7. The molecule has 4 fully saturated rings. The van der Waals surface area contributed by atoms with Gasteiger partial charge in [-0.25, -0.2) is 4.79 Å². The highest BCUT2D eigenvalue weighted by Crippen LogP contribution is 2.68. The van der Waals surface area contributed by atoms with E-state index < -0.39 is 5.60 Å². The largest absolute Gasteiger partial charge is 0.444 e. The molecule has 202 valence electrons. The van der Waals surface area contributed by atoms with E-state index in [4.69, 9.17) is 4.74 Å². The second-order valence-corrected chi connectivity index (χ2v) is 14.6. The van der Waals surface area contributed by atoms with Crippen molar-refractivity contribution < 1.29 is 14.6 Å². The van der Waals surface area contributed by atoms with E-state index in [0.29, 0.717) is 17.4 Å². The summed E-state index contributed by atoms with van der Waals surface area (Å²) >= 11 is 0. The second kappa shape index (κ2) is 10.5. The topological polar surface area (TPSA) is 58.6 Å². The SMILES string of the molecule is CC(CCCCCNC(=O)OC(C)(C)C)[C@H]1CC[C@H]2[C@@H]3CC[C@H]4C[C@@H](O)CC[C@]4(C)[C@H]3CC[C@]12C. The maximum Gasteiger partial charge on any atom is 0.407 e. The molecule has 4 aliphatic rings. The number of hydrogen-bond acceptors (Lipinski definition) is 3. The normalized spacial score (nSPS) is 41.9. The molecule has 2 N–H and O–H groups in total. The number of amides is 1. The van der Waals surface area contributed by atoms with Crippen molar-refractivity contribution in [3.63, 3.8) is 0 Å². The first-order chi connectivity index (χ1) is 16.4. The lowest BCUT2D eigenvalue weighted by Crippen LogP contribution is -2.54. The van der Waals surface area contributed by atoms with Crippen molar-refractivity contribution in [2.45, 2.75) is 137 Å². The van der Waals surface area contributed by atoms with Gasteiger partial charge in [-0.15, -0.1) is 0 Å². The van der Waals surface area contributed by atoms with Crippen LogP contribution in [0.3, 0.4) is 0 Å². The number of hydrogen-bond donors (Lipinski definition) is 2. The predicted octanol–water partition coefficient (Wildman–Crippen LogP) is 7.73. The Morgan fingerprint density at radius 2 is 1.69 bits per heavy atom. The summed E-state index contributed by atoms with van der Waals surface area (Å²) in [4.78, 5) is 11.8. The Labute approximate surface area is 215 Å². The van der Waals surface area contributed by atoms with Gasteiger partial charge in [0.05, 0.1) is 6.10 Å².